The van der Waals surface area contributed by atoms with E-state index in [1.165, 1.54) is 20.5 Å². The molecule has 0 aliphatic carbocycles. The molecule has 0 saturated heterocycles. The first kappa shape index (κ1) is 19.1. The molecule has 0 unspecified atom stereocenters. The van der Waals surface area contributed by atoms with Crippen LogP contribution in [0.3, 0.4) is 0 Å². The number of aromatic nitrogens is 2. The van der Waals surface area contributed by atoms with Crippen molar-refractivity contribution in [1.82, 2.24) is 9.97 Å². The second kappa shape index (κ2) is 8.75. The largest absolute Gasteiger partial charge is 0.503 e. The molecule has 0 spiro atoms. The van der Waals surface area contributed by atoms with Crippen molar-refractivity contribution in [2.45, 2.75) is 20.3 Å². The number of rotatable bonds is 6. The third-order valence-corrected chi connectivity index (χ3v) is 3.88. The summed E-state index contributed by atoms with van der Waals surface area (Å²) >= 11 is 0. The summed E-state index contributed by atoms with van der Waals surface area (Å²) in [6, 6.07) is 7.05. The van der Waals surface area contributed by atoms with E-state index in [4.69, 9.17) is 9.47 Å². The summed E-state index contributed by atoms with van der Waals surface area (Å²) in [5.41, 5.74) is 3.98. The van der Waals surface area contributed by atoms with Gasteiger partial charge in [-0.15, -0.1) is 0 Å². The number of oxime groups is 1. The lowest BCUT2D eigenvalue weighted by molar-refractivity contribution is -0.133. The van der Waals surface area contributed by atoms with E-state index in [9.17, 15) is 10.0 Å². The quantitative estimate of drug-likeness (QED) is 0.214. The van der Waals surface area contributed by atoms with Gasteiger partial charge in [0.05, 0.1) is 43.3 Å². The molecule has 0 amide bonds. The number of ether oxygens (including phenoxy) is 2. The van der Waals surface area contributed by atoms with Crippen LogP contribution in [0.5, 0.6) is 0 Å². The van der Waals surface area contributed by atoms with E-state index in [0.29, 0.717) is 22.5 Å². The number of esters is 1. The summed E-state index contributed by atoms with van der Waals surface area (Å²) < 4.78 is 9.83. The molecule has 0 fully saturated rings. The molecule has 0 radical (unpaired) electrons. The summed E-state index contributed by atoms with van der Waals surface area (Å²) in [5.74, 6) is -0.553. The summed E-state index contributed by atoms with van der Waals surface area (Å²) in [5, 5.41) is 13.0. The van der Waals surface area contributed by atoms with Crippen molar-refractivity contribution in [2.75, 3.05) is 14.2 Å². The van der Waals surface area contributed by atoms with E-state index in [2.05, 4.69) is 15.1 Å². The molecule has 1 aromatic carbocycles. The number of carbonyl (C=O) groups excluding carboxylic acids is 1. The van der Waals surface area contributed by atoms with Crippen LogP contribution in [0.1, 0.15) is 28.2 Å². The van der Waals surface area contributed by atoms with Crippen LogP contribution in [0.25, 0.3) is 5.57 Å². The highest BCUT2D eigenvalue weighted by molar-refractivity contribution is 6.19. The van der Waals surface area contributed by atoms with Crippen LogP contribution in [-0.4, -0.2) is 41.1 Å². The number of hydrogen-bond acceptors (Lipinski definition) is 7. The minimum Gasteiger partial charge on any atom is -0.503 e. The van der Waals surface area contributed by atoms with Crippen LogP contribution in [0, 0.1) is 13.8 Å². The average Bonchev–Trinajstić information content (AvgIpc) is 2.66. The smallest absolute Gasteiger partial charge is 0.341 e. The van der Waals surface area contributed by atoms with E-state index in [1.54, 1.807) is 30.5 Å². The maximum atomic E-state index is 12.1. The van der Waals surface area contributed by atoms with Gasteiger partial charge in [-0.05, 0) is 13.8 Å². The Kier molecular flexibility index (Phi) is 6.43. The normalized spacial score (nSPS) is 12.0. The first-order valence-corrected chi connectivity index (χ1v) is 7.92. The molecule has 26 heavy (non-hydrogen) atoms. The van der Waals surface area contributed by atoms with Crippen LogP contribution >= 0.6 is 0 Å². The summed E-state index contributed by atoms with van der Waals surface area (Å²) in [7, 11) is 2.73. The van der Waals surface area contributed by atoms with Crippen LogP contribution in [-0.2, 0) is 20.7 Å². The molecule has 0 atom stereocenters. The maximum absolute atomic E-state index is 12.1. The highest BCUT2D eigenvalue weighted by Gasteiger charge is 2.20. The fraction of sp³-hybridized carbons (Fsp3) is 0.263. The summed E-state index contributed by atoms with van der Waals surface area (Å²) in [6.07, 6.45) is 3.20. The van der Waals surface area contributed by atoms with Gasteiger partial charge in [-0.3, -0.25) is 9.97 Å². The maximum Gasteiger partial charge on any atom is 0.341 e. The molecule has 2 aromatic rings. The zero-order valence-electron chi connectivity index (χ0n) is 15.2. The van der Waals surface area contributed by atoms with Gasteiger partial charge in [-0.2, -0.15) is 0 Å². The topological polar surface area (TPSA) is 93.9 Å². The monoisotopic (exact) mass is 355 g/mol. The highest BCUT2D eigenvalue weighted by Crippen LogP contribution is 2.23. The van der Waals surface area contributed by atoms with Crippen molar-refractivity contribution in [3.05, 3.63) is 64.9 Å². The minimum absolute atomic E-state index is 0.220. The fourth-order valence-electron chi connectivity index (χ4n) is 2.45. The van der Waals surface area contributed by atoms with E-state index in [-0.39, 0.29) is 12.0 Å². The van der Waals surface area contributed by atoms with Gasteiger partial charge < -0.3 is 14.7 Å². The van der Waals surface area contributed by atoms with Crippen molar-refractivity contribution >= 4 is 17.3 Å². The van der Waals surface area contributed by atoms with Crippen molar-refractivity contribution in [2.24, 2.45) is 5.16 Å². The number of benzene rings is 1. The lowest BCUT2D eigenvalue weighted by Gasteiger charge is -2.13. The number of nitrogens with zero attached hydrogens (tertiary/aromatic N) is 3. The molecule has 136 valence electrons. The second-order valence-corrected chi connectivity index (χ2v) is 5.56. The van der Waals surface area contributed by atoms with Crippen LogP contribution in [0.2, 0.25) is 0 Å². The van der Waals surface area contributed by atoms with Crippen LogP contribution < -0.4 is 0 Å². The molecule has 0 aliphatic rings. The number of carbonyl (C=O) groups is 1. The third-order valence-electron chi connectivity index (χ3n) is 3.88. The SMILES string of the molecule is CO/C=C(/C(=O)OC)c1ccccc1C(Cc1cnc(C)c(C)n1)=NO. The lowest BCUT2D eigenvalue weighted by Crippen LogP contribution is -2.13. The zero-order valence-corrected chi connectivity index (χ0v) is 15.2. The Labute approximate surface area is 152 Å². The van der Waals surface area contributed by atoms with Crippen molar-refractivity contribution in [3.8, 4) is 0 Å². The van der Waals surface area contributed by atoms with Crippen molar-refractivity contribution in [3.63, 3.8) is 0 Å². The third kappa shape index (κ3) is 4.24. The molecular formula is C19H21N3O4. The molecule has 1 N–H and O–H groups in total. The minimum atomic E-state index is -0.553. The second-order valence-electron chi connectivity index (χ2n) is 5.56. The molecule has 7 heteroatoms. The Balaban J connectivity index is 2.47. The first-order chi connectivity index (χ1) is 12.5. The number of hydrogen-bond donors (Lipinski definition) is 1. The molecule has 2 rings (SSSR count). The van der Waals surface area contributed by atoms with Crippen molar-refractivity contribution < 1.29 is 19.5 Å². The Morgan fingerprint density at radius 1 is 1.19 bits per heavy atom. The molecule has 7 nitrogen and oxygen atoms in total. The average molecular weight is 355 g/mol. The Hall–Kier alpha value is -3.22. The van der Waals surface area contributed by atoms with Gasteiger partial charge in [-0.25, -0.2) is 4.79 Å². The Bertz CT molecular complexity index is 860. The van der Waals surface area contributed by atoms with Gasteiger partial charge in [0, 0.05) is 23.7 Å². The van der Waals surface area contributed by atoms with Gasteiger partial charge in [0.15, 0.2) is 0 Å². The molecular weight excluding hydrogens is 334 g/mol. The first-order valence-electron chi connectivity index (χ1n) is 7.92. The van der Waals surface area contributed by atoms with Gasteiger partial charge >= 0.3 is 5.97 Å². The Morgan fingerprint density at radius 3 is 2.46 bits per heavy atom. The van der Waals surface area contributed by atoms with Crippen molar-refractivity contribution in [1.29, 1.82) is 0 Å². The van der Waals surface area contributed by atoms with E-state index in [0.717, 1.165) is 11.4 Å². The predicted molar refractivity (Wildman–Crippen MR) is 97.0 cm³/mol. The molecule has 1 aromatic heterocycles. The van der Waals surface area contributed by atoms with Crippen LogP contribution in [0.15, 0.2) is 41.9 Å². The fourth-order valence-corrected chi connectivity index (χ4v) is 2.45. The van der Waals surface area contributed by atoms with Crippen LogP contribution in [0.4, 0.5) is 0 Å². The predicted octanol–water partition coefficient (Wildman–Crippen LogP) is 2.67. The van der Waals surface area contributed by atoms with Gasteiger partial charge in [-0.1, -0.05) is 29.4 Å². The number of methoxy groups -OCH3 is 2. The zero-order chi connectivity index (χ0) is 19.1. The van der Waals surface area contributed by atoms with Gasteiger partial charge in [0.2, 0.25) is 0 Å². The van der Waals surface area contributed by atoms with Gasteiger partial charge in [0.1, 0.15) is 5.57 Å². The standard InChI is InChI=1S/C19H21N3O4/c1-12-13(2)21-14(10-20-12)9-18(22-24)16-8-6-5-7-15(16)17(11-25-3)19(23)26-4/h5-8,10-11,24H,9H2,1-4H3/b17-11+,22-18?. The highest BCUT2D eigenvalue weighted by atomic mass is 16.5. The number of aryl methyl sites for hydroxylation is 2. The summed E-state index contributed by atoms with van der Waals surface area (Å²) in [4.78, 5) is 20.9. The molecule has 1 heterocycles. The summed E-state index contributed by atoms with van der Waals surface area (Å²) in [6.45, 7) is 3.74. The Morgan fingerprint density at radius 2 is 1.88 bits per heavy atom. The molecule has 0 aliphatic heterocycles. The molecule has 0 saturated carbocycles. The van der Waals surface area contributed by atoms with E-state index in [1.807, 2.05) is 13.8 Å². The molecule has 0 bridgehead atoms. The lowest BCUT2D eigenvalue weighted by atomic mass is 9.95. The van der Waals surface area contributed by atoms with Gasteiger partial charge in [0.25, 0.3) is 0 Å². The van der Waals surface area contributed by atoms with E-state index < -0.39 is 5.97 Å². The van der Waals surface area contributed by atoms with E-state index >= 15 is 0 Å².